The summed E-state index contributed by atoms with van der Waals surface area (Å²) in [5, 5.41) is 0. The Hall–Kier alpha value is -3.75. The van der Waals surface area contributed by atoms with Crippen LogP contribution >= 0.6 is 0 Å². The summed E-state index contributed by atoms with van der Waals surface area (Å²) in [7, 11) is 1.97. The molecule has 1 fully saturated rings. The molecule has 2 aliphatic heterocycles. The molecule has 0 saturated carbocycles. The van der Waals surface area contributed by atoms with Crippen molar-refractivity contribution >= 4 is 23.4 Å². The van der Waals surface area contributed by atoms with Crippen LogP contribution in [0.4, 0.5) is 26.2 Å². The zero-order valence-electron chi connectivity index (χ0n) is 21.5. The minimum Gasteiger partial charge on any atom is -0.368 e. The first-order valence-electron chi connectivity index (χ1n) is 12.7. The van der Waals surface area contributed by atoms with Crippen LogP contribution in [0.15, 0.2) is 48.5 Å². The molecule has 1 aromatic heterocycles. The maximum absolute atomic E-state index is 14.3. The molecule has 3 aromatic rings. The van der Waals surface area contributed by atoms with E-state index in [1.165, 1.54) is 16.7 Å². The number of hydrogen-bond donors (Lipinski definition) is 0. The summed E-state index contributed by atoms with van der Waals surface area (Å²) < 4.78 is 28.7. The molecule has 37 heavy (non-hydrogen) atoms. The fraction of sp³-hybridized carbons (Fsp3) is 0.393. The molecular formula is C28H32F2N6O. The summed E-state index contributed by atoms with van der Waals surface area (Å²) in [6, 6.07) is 14.0. The highest BCUT2D eigenvalue weighted by Gasteiger charge is 2.31. The van der Waals surface area contributed by atoms with Crippen LogP contribution in [0.1, 0.15) is 35.5 Å². The first-order valence-corrected chi connectivity index (χ1v) is 12.7. The van der Waals surface area contributed by atoms with Crippen molar-refractivity contribution in [2.75, 3.05) is 54.5 Å². The molecule has 7 nitrogen and oxygen atoms in total. The second kappa shape index (κ2) is 10.3. The minimum atomic E-state index is -0.850. The van der Waals surface area contributed by atoms with E-state index in [0.29, 0.717) is 18.9 Å². The lowest BCUT2D eigenvalue weighted by molar-refractivity contribution is 0.0723. The fourth-order valence-electron chi connectivity index (χ4n) is 4.90. The molecule has 0 N–H and O–H groups in total. The van der Waals surface area contributed by atoms with Crippen LogP contribution < -0.4 is 14.7 Å². The molecule has 194 valence electrons. The van der Waals surface area contributed by atoms with Crippen molar-refractivity contribution in [2.45, 2.75) is 32.9 Å². The SMILES string of the molecule is CC(C)N(C)c1nc(N2CCN(c3ccccc3)CC2)nc2c1CN(C(=O)c1c(F)cccc1F)CC2. The van der Waals surface area contributed by atoms with Crippen molar-refractivity contribution in [1.82, 2.24) is 14.9 Å². The average Bonchev–Trinajstić information content (AvgIpc) is 2.92. The van der Waals surface area contributed by atoms with Crippen molar-refractivity contribution in [3.63, 3.8) is 0 Å². The van der Waals surface area contributed by atoms with E-state index in [4.69, 9.17) is 9.97 Å². The molecular weight excluding hydrogens is 474 g/mol. The number of carbonyl (C=O) groups is 1. The van der Waals surface area contributed by atoms with Crippen LogP contribution in [0.25, 0.3) is 0 Å². The number of hydrogen-bond acceptors (Lipinski definition) is 6. The van der Waals surface area contributed by atoms with Gasteiger partial charge < -0.3 is 19.6 Å². The first kappa shape index (κ1) is 24.9. The number of amides is 1. The average molecular weight is 507 g/mol. The quantitative estimate of drug-likeness (QED) is 0.519. The standard InChI is InChI=1S/C28H32F2N6O/c1-19(2)33(3)26-21-18-36(27(37)25-22(29)10-7-11-23(25)30)13-12-24(21)31-28(32-26)35-16-14-34(15-17-35)20-8-5-4-6-9-20/h4-11,19H,12-18H2,1-3H3. The Morgan fingerprint density at radius 2 is 1.54 bits per heavy atom. The highest BCUT2D eigenvalue weighted by atomic mass is 19.1. The monoisotopic (exact) mass is 506 g/mol. The number of para-hydroxylation sites is 1. The number of carbonyl (C=O) groups excluding carboxylic acids is 1. The van der Waals surface area contributed by atoms with Crippen molar-refractivity contribution in [3.8, 4) is 0 Å². The molecule has 2 aromatic carbocycles. The lowest BCUT2D eigenvalue weighted by atomic mass is 10.0. The molecule has 0 bridgehead atoms. The summed E-state index contributed by atoms with van der Waals surface area (Å²) >= 11 is 0. The lowest BCUT2D eigenvalue weighted by Crippen LogP contribution is -2.47. The van der Waals surface area contributed by atoms with Crippen LogP contribution in [-0.4, -0.2) is 66.6 Å². The van der Waals surface area contributed by atoms with E-state index < -0.39 is 23.1 Å². The van der Waals surface area contributed by atoms with E-state index >= 15 is 0 Å². The highest BCUT2D eigenvalue weighted by Crippen LogP contribution is 2.31. The summed E-state index contributed by atoms with van der Waals surface area (Å²) in [6.07, 6.45) is 0.496. The summed E-state index contributed by atoms with van der Waals surface area (Å²) in [5.41, 5.74) is 2.42. The van der Waals surface area contributed by atoms with Gasteiger partial charge in [0.25, 0.3) is 5.91 Å². The lowest BCUT2D eigenvalue weighted by Gasteiger charge is -2.38. The number of rotatable bonds is 5. The van der Waals surface area contributed by atoms with Crippen LogP contribution in [0.2, 0.25) is 0 Å². The molecule has 0 radical (unpaired) electrons. The zero-order chi connectivity index (χ0) is 26.1. The summed E-state index contributed by atoms with van der Waals surface area (Å²) in [5.74, 6) is -0.908. The number of piperazine rings is 1. The summed E-state index contributed by atoms with van der Waals surface area (Å²) in [6.45, 7) is 8.04. The van der Waals surface area contributed by atoms with Crippen LogP contribution in [-0.2, 0) is 13.0 Å². The Labute approximate surface area is 216 Å². The van der Waals surface area contributed by atoms with Gasteiger partial charge in [-0.15, -0.1) is 0 Å². The van der Waals surface area contributed by atoms with Crippen molar-refractivity contribution in [2.24, 2.45) is 0 Å². The topological polar surface area (TPSA) is 55.8 Å². The van der Waals surface area contributed by atoms with Gasteiger partial charge in [0.15, 0.2) is 0 Å². The van der Waals surface area contributed by atoms with Gasteiger partial charge in [0.2, 0.25) is 5.95 Å². The molecule has 9 heteroatoms. The van der Waals surface area contributed by atoms with Gasteiger partial charge in [-0.2, -0.15) is 4.98 Å². The first-order chi connectivity index (χ1) is 17.8. The third-order valence-electron chi connectivity index (χ3n) is 7.28. The van der Waals surface area contributed by atoms with Crippen LogP contribution in [0.5, 0.6) is 0 Å². The smallest absolute Gasteiger partial charge is 0.260 e. The molecule has 1 amide bonds. The molecule has 0 spiro atoms. The maximum Gasteiger partial charge on any atom is 0.260 e. The van der Waals surface area contributed by atoms with Crippen LogP contribution in [0.3, 0.4) is 0 Å². The summed E-state index contributed by atoms with van der Waals surface area (Å²) in [4.78, 5) is 31.1. The Morgan fingerprint density at radius 1 is 0.892 bits per heavy atom. The number of fused-ring (bicyclic) bond motifs is 1. The number of nitrogens with zero attached hydrogens (tertiary/aromatic N) is 6. The number of anilines is 3. The van der Waals surface area contributed by atoms with Crippen molar-refractivity contribution < 1.29 is 13.6 Å². The Kier molecular flexibility index (Phi) is 6.95. The number of benzene rings is 2. The maximum atomic E-state index is 14.3. The minimum absolute atomic E-state index is 0.164. The van der Waals surface area contributed by atoms with Gasteiger partial charge in [-0.1, -0.05) is 24.3 Å². The van der Waals surface area contributed by atoms with E-state index in [-0.39, 0.29) is 12.6 Å². The molecule has 0 unspecified atom stereocenters. The third-order valence-corrected chi connectivity index (χ3v) is 7.28. The molecule has 5 rings (SSSR count). The molecule has 1 saturated heterocycles. The third kappa shape index (κ3) is 4.95. The van der Waals surface area contributed by atoms with Gasteiger partial charge in [-0.25, -0.2) is 13.8 Å². The Balaban J connectivity index is 1.41. The van der Waals surface area contributed by atoms with Gasteiger partial charge >= 0.3 is 0 Å². The molecule has 0 aliphatic carbocycles. The van der Waals surface area contributed by atoms with Crippen LogP contribution in [0, 0.1) is 11.6 Å². The predicted molar refractivity (Wildman–Crippen MR) is 141 cm³/mol. The highest BCUT2D eigenvalue weighted by molar-refractivity contribution is 5.95. The Morgan fingerprint density at radius 3 is 2.19 bits per heavy atom. The van der Waals surface area contributed by atoms with E-state index in [2.05, 4.69) is 52.8 Å². The Bertz CT molecular complexity index is 1260. The van der Waals surface area contributed by atoms with Gasteiger partial charge in [0, 0.05) is 63.5 Å². The van der Waals surface area contributed by atoms with E-state index in [9.17, 15) is 13.6 Å². The van der Waals surface area contributed by atoms with E-state index in [0.717, 1.165) is 55.4 Å². The zero-order valence-corrected chi connectivity index (χ0v) is 21.5. The van der Waals surface area contributed by atoms with Crippen molar-refractivity contribution in [1.29, 1.82) is 0 Å². The second-order valence-corrected chi connectivity index (χ2v) is 9.86. The van der Waals surface area contributed by atoms with Gasteiger partial charge in [0.05, 0.1) is 12.2 Å². The normalized spacial score (nSPS) is 15.7. The predicted octanol–water partition coefficient (Wildman–Crippen LogP) is 4.12. The van der Waals surface area contributed by atoms with Gasteiger partial charge in [0.1, 0.15) is 23.0 Å². The number of halogens is 2. The molecule has 0 atom stereocenters. The largest absolute Gasteiger partial charge is 0.368 e. The second-order valence-electron chi connectivity index (χ2n) is 9.86. The van der Waals surface area contributed by atoms with Crippen molar-refractivity contribution in [3.05, 3.63) is 77.0 Å². The number of aromatic nitrogens is 2. The van der Waals surface area contributed by atoms with Gasteiger partial charge in [-0.05, 0) is 38.1 Å². The molecule has 3 heterocycles. The van der Waals surface area contributed by atoms with Gasteiger partial charge in [-0.3, -0.25) is 4.79 Å². The molecule has 2 aliphatic rings. The van der Waals surface area contributed by atoms with E-state index in [1.807, 2.05) is 13.1 Å². The fourth-order valence-corrected chi connectivity index (χ4v) is 4.90. The van der Waals surface area contributed by atoms with E-state index in [1.54, 1.807) is 0 Å².